The molecule has 1 amide bonds. The lowest BCUT2D eigenvalue weighted by Gasteiger charge is -2.12. The third kappa shape index (κ3) is 5.26. The number of hydrogen-bond acceptors (Lipinski definition) is 5. The molecule has 0 unspecified atom stereocenters. The number of carbonyl (C=O) groups excluding carboxylic acids is 1. The van der Waals surface area contributed by atoms with Crippen molar-refractivity contribution in [3.8, 4) is 17.0 Å². The first-order valence-corrected chi connectivity index (χ1v) is 10.1. The Hall–Kier alpha value is -3.06. The van der Waals surface area contributed by atoms with E-state index in [2.05, 4.69) is 15.3 Å². The van der Waals surface area contributed by atoms with Crippen LogP contribution in [0.4, 0.5) is 5.69 Å². The largest absolute Gasteiger partial charge is 0.497 e. The Balaban J connectivity index is 1.71. The maximum atomic E-state index is 12.4. The van der Waals surface area contributed by atoms with E-state index >= 15 is 0 Å². The lowest BCUT2D eigenvalue weighted by atomic mass is 10.1. The van der Waals surface area contributed by atoms with Gasteiger partial charge in [-0.2, -0.15) is 0 Å². The smallest absolute Gasteiger partial charge is 0.252 e. The van der Waals surface area contributed by atoms with E-state index in [4.69, 9.17) is 4.74 Å². The third-order valence-corrected chi connectivity index (χ3v) is 5.26. The Morgan fingerprint density at radius 2 is 1.76 bits per heavy atom. The van der Waals surface area contributed by atoms with Gasteiger partial charge in [-0.1, -0.05) is 29.5 Å². The summed E-state index contributed by atoms with van der Waals surface area (Å²) in [4.78, 5) is 31.6. The first-order valence-electron chi connectivity index (χ1n) is 9.12. The van der Waals surface area contributed by atoms with Gasteiger partial charge in [0, 0.05) is 17.3 Å². The Morgan fingerprint density at radius 1 is 1.10 bits per heavy atom. The Kier molecular flexibility index (Phi) is 6.39. The van der Waals surface area contributed by atoms with Gasteiger partial charge in [0.2, 0.25) is 5.91 Å². The Labute approximate surface area is 173 Å². The van der Waals surface area contributed by atoms with Crippen molar-refractivity contribution >= 4 is 23.4 Å². The highest BCUT2D eigenvalue weighted by Gasteiger charge is 2.11. The van der Waals surface area contributed by atoms with E-state index in [1.165, 1.54) is 17.8 Å². The molecule has 0 aliphatic heterocycles. The molecule has 0 fully saturated rings. The van der Waals surface area contributed by atoms with E-state index in [0.29, 0.717) is 10.9 Å². The van der Waals surface area contributed by atoms with Gasteiger partial charge in [0.1, 0.15) is 5.75 Å². The van der Waals surface area contributed by atoms with Crippen LogP contribution in [0, 0.1) is 20.8 Å². The summed E-state index contributed by atoms with van der Waals surface area (Å²) in [5.74, 6) is 0.719. The van der Waals surface area contributed by atoms with E-state index in [1.54, 1.807) is 7.11 Å². The monoisotopic (exact) mass is 409 g/mol. The van der Waals surface area contributed by atoms with Crippen LogP contribution in [-0.2, 0) is 4.79 Å². The van der Waals surface area contributed by atoms with E-state index in [9.17, 15) is 9.59 Å². The lowest BCUT2D eigenvalue weighted by molar-refractivity contribution is -0.113. The van der Waals surface area contributed by atoms with E-state index in [0.717, 1.165) is 33.7 Å². The molecule has 0 bridgehead atoms. The average Bonchev–Trinajstić information content (AvgIpc) is 2.69. The Morgan fingerprint density at radius 3 is 2.38 bits per heavy atom. The number of anilines is 1. The van der Waals surface area contributed by atoms with Crippen molar-refractivity contribution < 1.29 is 9.53 Å². The average molecular weight is 410 g/mol. The third-order valence-electron chi connectivity index (χ3n) is 4.39. The maximum Gasteiger partial charge on any atom is 0.252 e. The summed E-state index contributed by atoms with van der Waals surface area (Å²) in [6.45, 7) is 5.97. The number of aromatic nitrogens is 2. The molecule has 150 valence electrons. The molecule has 1 heterocycles. The van der Waals surface area contributed by atoms with Gasteiger partial charge in [0.15, 0.2) is 5.16 Å². The molecule has 0 atom stereocenters. The van der Waals surface area contributed by atoms with Gasteiger partial charge in [-0.25, -0.2) is 4.98 Å². The summed E-state index contributed by atoms with van der Waals surface area (Å²) in [5, 5.41) is 3.35. The van der Waals surface area contributed by atoms with Crippen LogP contribution in [0.25, 0.3) is 11.3 Å². The molecule has 6 nitrogen and oxygen atoms in total. The topological polar surface area (TPSA) is 84.1 Å². The van der Waals surface area contributed by atoms with Gasteiger partial charge in [0.25, 0.3) is 5.56 Å². The van der Waals surface area contributed by atoms with Crippen LogP contribution in [0.5, 0.6) is 5.75 Å². The molecular formula is C22H23N3O3S. The van der Waals surface area contributed by atoms with E-state index in [-0.39, 0.29) is 17.2 Å². The zero-order valence-electron chi connectivity index (χ0n) is 16.8. The molecule has 1 aromatic heterocycles. The van der Waals surface area contributed by atoms with Crippen LogP contribution < -0.4 is 15.6 Å². The number of ether oxygens (including phenoxy) is 1. The lowest BCUT2D eigenvalue weighted by Crippen LogP contribution is -2.17. The molecule has 29 heavy (non-hydrogen) atoms. The van der Waals surface area contributed by atoms with Crippen molar-refractivity contribution in [3.63, 3.8) is 0 Å². The SMILES string of the molecule is COc1ccc(-c2cc(=O)[nH]c(SCC(=O)Nc3c(C)cc(C)cc3C)n2)cc1. The first-order chi connectivity index (χ1) is 13.9. The number of rotatable bonds is 6. The number of thioether (sulfide) groups is 1. The predicted octanol–water partition coefficient (Wildman–Crippen LogP) is 4.10. The zero-order valence-corrected chi connectivity index (χ0v) is 17.6. The second-order valence-corrected chi connectivity index (χ2v) is 7.74. The number of nitrogens with zero attached hydrogens (tertiary/aromatic N) is 1. The molecule has 2 aromatic carbocycles. The highest BCUT2D eigenvalue weighted by atomic mass is 32.2. The van der Waals surface area contributed by atoms with Crippen molar-refractivity contribution in [2.24, 2.45) is 0 Å². The number of methoxy groups -OCH3 is 1. The minimum atomic E-state index is -0.265. The summed E-state index contributed by atoms with van der Waals surface area (Å²) in [5.41, 5.74) is 5.11. The predicted molar refractivity (Wildman–Crippen MR) is 117 cm³/mol. The quantitative estimate of drug-likeness (QED) is 0.473. The first kappa shape index (κ1) is 20.7. The second-order valence-electron chi connectivity index (χ2n) is 6.77. The molecule has 2 N–H and O–H groups in total. The molecule has 3 aromatic rings. The molecule has 0 radical (unpaired) electrons. The number of benzene rings is 2. The van der Waals surface area contributed by atoms with Gasteiger partial charge in [-0.15, -0.1) is 0 Å². The van der Waals surface area contributed by atoms with E-state index in [1.807, 2.05) is 57.2 Å². The van der Waals surface area contributed by atoms with Crippen molar-refractivity contribution in [1.29, 1.82) is 0 Å². The van der Waals surface area contributed by atoms with Crippen molar-refractivity contribution in [1.82, 2.24) is 9.97 Å². The standard InChI is InChI=1S/C22H23N3O3S/c1-13-9-14(2)21(15(3)10-13)24-20(27)12-29-22-23-18(11-19(26)25-22)16-5-7-17(28-4)8-6-16/h5-11H,12H2,1-4H3,(H,24,27)(H,23,25,26). The van der Waals surface area contributed by atoms with Crippen molar-refractivity contribution in [2.75, 3.05) is 18.2 Å². The van der Waals surface area contributed by atoms with Gasteiger partial charge in [0.05, 0.1) is 18.6 Å². The molecule has 0 spiro atoms. The van der Waals surface area contributed by atoms with Crippen molar-refractivity contribution in [2.45, 2.75) is 25.9 Å². The summed E-state index contributed by atoms with van der Waals surface area (Å²) in [6.07, 6.45) is 0. The fourth-order valence-corrected chi connectivity index (χ4v) is 3.78. The number of carbonyl (C=O) groups is 1. The summed E-state index contributed by atoms with van der Waals surface area (Å²) < 4.78 is 5.15. The number of H-pyrrole nitrogens is 1. The number of aryl methyl sites for hydroxylation is 3. The van der Waals surface area contributed by atoms with Gasteiger partial charge in [-0.3, -0.25) is 9.59 Å². The van der Waals surface area contributed by atoms with Crippen LogP contribution >= 0.6 is 11.8 Å². The number of aromatic amines is 1. The number of hydrogen-bond donors (Lipinski definition) is 2. The van der Waals surface area contributed by atoms with Crippen LogP contribution in [0.2, 0.25) is 0 Å². The normalized spacial score (nSPS) is 10.6. The molecule has 0 saturated carbocycles. The van der Waals surface area contributed by atoms with Crippen LogP contribution in [0.15, 0.2) is 52.4 Å². The van der Waals surface area contributed by atoms with Gasteiger partial charge in [-0.05, 0) is 56.2 Å². The Bertz CT molecular complexity index is 1070. The molecule has 0 aliphatic rings. The highest BCUT2D eigenvalue weighted by molar-refractivity contribution is 7.99. The van der Waals surface area contributed by atoms with Crippen LogP contribution in [0.1, 0.15) is 16.7 Å². The van der Waals surface area contributed by atoms with E-state index < -0.39 is 0 Å². The maximum absolute atomic E-state index is 12.4. The minimum Gasteiger partial charge on any atom is -0.497 e. The molecular weight excluding hydrogens is 386 g/mol. The summed E-state index contributed by atoms with van der Waals surface area (Å²) >= 11 is 1.19. The zero-order chi connectivity index (χ0) is 21.0. The summed E-state index contributed by atoms with van der Waals surface area (Å²) in [7, 11) is 1.60. The fourth-order valence-electron chi connectivity index (χ4n) is 3.10. The molecule has 0 aliphatic carbocycles. The highest BCUT2D eigenvalue weighted by Crippen LogP contribution is 2.24. The number of amides is 1. The van der Waals surface area contributed by atoms with Crippen LogP contribution in [0.3, 0.4) is 0 Å². The molecule has 0 saturated heterocycles. The molecule has 3 rings (SSSR count). The fraction of sp³-hybridized carbons (Fsp3) is 0.227. The second kappa shape index (κ2) is 8.96. The van der Waals surface area contributed by atoms with Gasteiger partial charge >= 0.3 is 0 Å². The minimum absolute atomic E-state index is 0.141. The number of nitrogens with one attached hydrogen (secondary N) is 2. The molecule has 7 heteroatoms. The van der Waals surface area contributed by atoms with Crippen LogP contribution in [-0.4, -0.2) is 28.7 Å². The van der Waals surface area contributed by atoms with Crippen molar-refractivity contribution in [3.05, 3.63) is 69.5 Å². The van der Waals surface area contributed by atoms with Gasteiger partial charge < -0.3 is 15.0 Å². The summed E-state index contributed by atoms with van der Waals surface area (Å²) in [6, 6.07) is 12.8.